The number of hydrogen-bond acceptors (Lipinski definition) is 4. The maximum absolute atomic E-state index is 13.5. The molecule has 1 atom stereocenters. The molecule has 0 spiro atoms. The highest BCUT2D eigenvalue weighted by molar-refractivity contribution is 6.31. The van der Waals surface area contributed by atoms with E-state index >= 15 is 0 Å². The van der Waals surface area contributed by atoms with Crippen molar-refractivity contribution in [1.82, 2.24) is 19.5 Å². The minimum atomic E-state index is -1.07. The van der Waals surface area contributed by atoms with Crippen LogP contribution < -0.4 is 5.56 Å². The van der Waals surface area contributed by atoms with Gasteiger partial charge >= 0.3 is 0 Å². The van der Waals surface area contributed by atoms with Crippen molar-refractivity contribution < 1.29 is 9.59 Å². The number of hydrogen-bond donors (Lipinski definition) is 1. The molecule has 7 nitrogen and oxygen atoms in total. The fourth-order valence-electron chi connectivity index (χ4n) is 4.72. The van der Waals surface area contributed by atoms with Gasteiger partial charge in [-0.2, -0.15) is 0 Å². The van der Waals surface area contributed by atoms with Crippen LogP contribution in [0.25, 0.3) is 5.65 Å². The molecule has 0 bridgehead atoms. The number of aryl methyl sites for hydroxylation is 2. The zero-order chi connectivity index (χ0) is 22.3. The fraction of sp³-hybridized carbons (Fsp3) is 0.391. The Hall–Kier alpha value is -2.93. The number of H-pyrrole nitrogens is 1. The highest BCUT2D eigenvalue weighted by Gasteiger charge is 2.47. The minimum Gasteiger partial charge on any atom is -0.329 e. The SMILES string of the molecule is Cc1nc2cc(=O)[nH]n2c(C)c1CC(=O)N(C)C1(c2ccccc2Cl)CCCCC1=O. The number of fused-ring (bicyclic) bond motifs is 1. The number of rotatable bonds is 4. The molecule has 0 saturated heterocycles. The first kappa shape index (κ1) is 21.3. The van der Waals surface area contributed by atoms with Gasteiger partial charge in [-0.05, 0) is 39.2 Å². The van der Waals surface area contributed by atoms with Crippen molar-refractivity contribution in [2.45, 2.75) is 51.5 Å². The summed E-state index contributed by atoms with van der Waals surface area (Å²) in [7, 11) is 1.68. The maximum Gasteiger partial charge on any atom is 0.266 e. The molecule has 0 radical (unpaired) electrons. The number of Topliss-reactive ketones (excluding diaryl/α,β-unsaturated/α-hetero) is 1. The van der Waals surface area contributed by atoms with E-state index in [1.54, 1.807) is 22.5 Å². The highest BCUT2D eigenvalue weighted by atomic mass is 35.5. The van der Waals surface area contributed by atoms with Crippen LogP contribution in [0.4, 0.5) is 0 Å². The topological polar surface area (TPSA) is 87.5 Å². The number of benzene rings is 1. The fourth-order valence-corrected chi connectivity index (χ4v) is 5.02. The first-order valence-corrected chi connectivity index (χ1v) is 10.8. The molecule has 2 aromatic heterocycles. The van der Waals surface area contributed by atoms with Gasteiger partial charge in [-0.25, -0.2) is 9.50 Å². The second-order valence-electron chi connectivity index (χ2n) is 8.18. The summed E-state index contributed by atoms with van der Waals surface area (Å²) in [5.41, 5.74) is 2.02. The molecule has 1 aliphatic rings. The third-order valence-electron chi connectivity index (χ3n) is 6.45. The second kappa shape index (κ2) is 7.96. The van der Waals surface area contributed by atoms with Crippen LogP contribution in [0.15, 0.2) is 35.1 Å². The summed E-state index contributed by atoms with van der Waals surface area (Å²) in [4.78, 5) is 44.5. The summed E-state index contributed by atoms with van der Waals surface area (Å²) in [6.45, 7) is 3.67. The van der Waals surface area contributed by atoms with E-state index in [0.717, 1.165) is 24.1 Å². The number of nitrogens with one attached hydrogen (secondary N) is 1. The van der Waals surface area contributed by atoms with E-state index < -0.39 is 5.54 Å². The second-order valence-corrected chi connectivity index (χ2v) is 8.58. The number of nitrogens with zero attached hydrogens (tertiary/aromatic N) is 3. The molecule has 1 saturated carbocycles. The highest BCUT2D eigenvalue weighted by Crippen LogP contribution is 2.42. The molecule has 8 heteroatoms. The van der Waals surface area contributed by atoms with Gasteiger partial charge in [0.2, 0.25) is 5.91 Å². The maximum atomic E-state index is 13.5. The van der Waals surface area contributed by atoms with Crippen LogP contribution in [0, 0.1) is 13.8 Å². The number of likely N-dealkylation sites (N-methyl/N-ethyl adjacent to an activating group) is 1. The Kier molecular flexibility index (Phi) is 5.47. The Morgan fingerprint density at radius 2 is 2.00 bits per heavy atom. The quantitative estimate of drug-likeness (QED) is 0.674. The van der Waals surface area contributed by atoms with Crippen molar-refractivity contribution in [3.63, 3.8) is 0 Å². The average molecular weight is 441 g/mol. The van der Waals surface area contributed by atoms with Gasteiger partial charge in [0.05, 0.1) is 6.42 Å². The van der Waals surface area contributed by atoms with Gasteiger partial charge in [0.15, 0.2) is 11.4 Å². The molecular weight excluding hydrogens is 416 g/mol. The van der Waals surface area contributed by atoms with Crippen molar-refractivity contribution in [1.29, 1.82) is 0 Å². The largest absolute Gasteiger partial charge is 0.329 e. The van der Waals surface area contributed by atoms with Gasteiger partial charge in [-0.3, -0.25) is 19.5 Å². The first-order chi connectivity index (χ1) is 14.8. The van der Waals surface area contributed by atoms with Gasteiger partial charge in [-0.1, -0.05) is 29.8 Å². The number of carbonyl (C=O) groups is 2. The lowest BCUT2D eigenvalue weighted by atomic mass is 9.74. The molecular formula is C23H25ClN4O3. The normalized spacial score (nSPS) is 19.0. The minimum absolute atomic E-state index is 0.0134. The molecule has 1 fully saturated rings. The molecule has 3 aromatic rings. The number of ketones is 1. The Balaban J connectivity index is 1.75. The van der Waals surface area contributed by atoms with E-state index in [2.05, 4.69) is 10.1 Å². The van der Waals surface area contributed by atoms with Gasteiger partial charge in [-0.15, -0.1) is 0 Å². The van der Waals surface area contributed by atoms with E-state index in [1.807, 2.05) is 32.0 Å². The Morgan fingerprint density at radius 1 is 1.26 bits per heavy atom. The molecule has 1 N–H and O–H groups in total. The summed E-state index contributed by atoms with van der Waals surface area (Å²) in [5, 5.41) is 3.19. The number of amides is 1. The van der Waals surface area contributed by atoms with Crippen molar-refractivity contribution in [2.75, 3.05) is 7.05 Å². The Labute approximate surface area is 185 Å². The average Bonchev–Trinajstić information content (AvgIpc) is 3.11. The summed E-state index contributed by atoms with van der Waals surface area (Å²) >= 11 is 6.50. The summed E-state index contributed by atoms with van der Waals surface area (Å²) in [5.74, 6) is -0.184. The van der Waals surface area contributed by atoms with Crippen LogP contribution in [0.5, 0.6) is 0 Å². The zero-order valence-corrected chi connectivity index (χ0v) is 18.6. The molecule has 0 aliphatic heterocycles. The first-order valence-electron chi connectivity index (χ1n) is 10.4. The molecule has 31 heavy (non-hydrogen) atoms. The molecule has 1 aliphatic carbocycles. The smallest absolute Gasteiger partial charge is 0.266 e. The van der Waals surface area contributed by atoms with Crippen LogP contribution in [0.2, 0.25) is 5.02 Å². The van der Waals surface area contributed by atoms with Crippen LogP contribution in [0.3, 0.4) is 0 Å². The number of aromatic nitrogens is 3. The molecule has 1 aromatic carbocycles. The summed E-state index contributed by atoms with van der Waals surface area (Å²) in [6, 6.07) is 8.68. The summed E-state index contributed by atoms with van der Waals surface area (Å²) in [6.07, 6.45) is 2.67. The van der Waals surface area contributed by atoms with Gasteiger partial charge in [0, 0.05) is 47.1 Å². The lowest BCUT2D eigenvalue weighted by Crippen LogP contribution is -2.54. The molecule has 1 amide bonds. The van der Waals surface area contributed by atoms with E-state index in [0.29, 0.717) is 34.8 Å². The van der Waals surface area contributed by atoms with Crippen LogP contribution in [-0.2, 0) is 21.5 Å². The van der Waals surface area contributed by atoms with Crippen molar-refractivity contribution in [2.24, 2.45) is 0 Å². The van der Waals surface area contributed by atoms with E-state index in [9.17, 15) is 14.4 Å². The zero-order valence-electron chi connectivity index (χ0n) is 17.9. The molecule has 2 heterocycles. The van der Waals surface area contributed by atoms with Crippen molar-refractivity contribution in [3.8, 4) is 0 Å². The van der Waals surface area contributed by atoms with Crippen LogP contribution in [-0.4, -0.2) is 38.2 Å². The lowest BCUT2D eigenvalue weighted by molar-refractivity contribution is -0.147. The van der Waals surface area contributed by atoms with E-state index in [-0.39, 0.29) is 23.7 Å². The van der Waals surface area contributed by atoms with Crippen LogP contribution >= 0.6 is 11.6 Å². The Morgan fingerprint density at radius 3 is 2.71 bits per heavy atom. The van der Waals surface area contributed by atoms with Crippen molar-refractivity contribution >= 4 is 28.9 Å². The molecule has 1 unspecified atom stereocenters. The number of aromatic amines is 1. The standard InChI is InChI=1S/C23H25ClN4O3/c1-14-16(15(2)28-20(25-14)13-21(30)26-28)12-22(31)27(3)23(11-7-6-10-19(23)29)17-8-4-5-9-18(17)24/h4-5,8-9,13H,6-7,10-12H2,1-3H3,(H,26,30). The predicted molar refractivity (Wildman–Crippen MR) is 118 cm³/mol. The molecule has 4 rings (SSSR count). The summed E-state index contributed by atoms with van der Waals surface area (Å²) < 4.78 is 1.59. The Bertz CT molecular complexity index is 1250. The van der Waals surface area contributed by atoms with Gasteiger partial charge in [0.1, 0.15) is 5.54 Å². The van der Waals surface area contributed by atoms with Crippen molar-refractivity contribution in [3.05, 3.63) is 68.2 Å². The van der Waals surface area contributed by atoms with Gasteiger partial charge < -0.3 is 4.90 Å². The van der Waals surface area contributed by atoms with Crippen LogP contribution in [0.1, 0.15) is 48.2 Å². The third kappa shape index (κ3) is 3.47. The number of carbonyl (C=O) groups excluding carboxylic acids is 2. The van der Waals surface area contributed by atoms with E-state index in [4.69, 9.17) is 11.6 Å². The molecule has 162 valence electrons. The third-order valence-corrected chi connectivity index (χ3v) is 6.78. The van der Waals surface area contributed by atoms with E-state index in [1.165, 1.54) is 6.07 Å². The van der Waals surface area contributed by atoms with Gasteiger partial charge in [0.25, 0.3) is 5.56 Å². The lowest BCUT2D eigenvalue weighted by Gasteiger charge is -2.44. The monoisotopic (exact) mass is 440 g/mol. The number of halogens is 1. The predicted octanol–water partition coefficient (Wildman–Crippen LogP) is 3.33.